The number of likely N-dealkylation sites (N-methyl/N-ethyl adjacent to an activating group) is 1. The summed E-state index contributed by atoms with van der Waals surface area (Å²) in [6.07, 6.45) is 3.87. The van der Waals surface area contributed by atoms with Crippen molar-refractivity contribution in [3.05, 3.63) is 83.8 Å². The van der Waals surface area contributed by atoms with E-state index in [0.717, 1.165) is 50.2 Å². The van der Waals surface area contributed by atoms with E-state index in [1.807, 2.05) is 45.9 Å². The first kappa shape index (κ1) is 48.7. The zero-order valence-corrected chi connectivity index (χ0v) is 41.3. The summed E-state index contributed by atoms with van der Waals surface area (Å²) in [7, 11) is 3.35. The molecule has 364 valence electrons. The van der Waals surface area contributed by atoms with Crippen LogP contribution in [0.5, 0.6) is 5.75 Å². The van der Waals surface area contributed by atoms with Crippen LogP contribution in [0.25, 0.3) is 33.3 Å². The maximum absolute atomic E-state index is 14.8. The molecule has 4 aliphatic rings. The van der Waals surface area contributed by atoms with E-state index in [-0.39, 0.29) is 41.9 Å². The van der Waals surface area contributed by atoms with Crippen molar-refractivity contribution in [2.75, 3.05) is 46.9 Å². The lowest BCUT2D eigenvalue weighted by Crippen LogP contribution is -2.63. The molecule has 2 aromatic heterocycles. The van der Waals surface area contributed by atoms with Gasteiger partial charge >= 0.3 is 0 Å². The molecule has 6 heterocycles. The Balaban J connectivity index is 1.17. The number of phenols is 1. The molecule has 0 saturated carbocycles. The van der Waals surface area contributed by atoms with Crippen molar-refractivity contribution in [3.63, 3.8) is 0 Å². The number of aromatic hydroxyl groups is 1. The van der Waals surface area contributed by atoms with Crippen LogP contribution in [0.2, 0.25) is 0 Å². The van der Waals surface area contributed by atoms with Crippen molar-refractivity contribution in [3.8, 4) is 28.1 Å². The zero-order valence-electron chi connectivity index (χ0n) is 41.3. The predicted octanol–water partition coefficient (Wildman–Crippen LogP) is 6.13. The van der Waals surface area contributed by atoms with Gasteiger partial charge < -0.3 is 39.6 Å². The monoisotopic (exact) mass is 931 g/mol. The maximum atomic E-state index is 14.8. The Bertz CT molecular complexity index is 2600. The van der Waals surface area contributed by atoms with Crippen LogP contribution in [0.4, 0.5) is 0 Å². The standard InChI is InChI=1S/C53H70N8O7/c1-11-60-44-17-16-35-26-40(44)41(47(60)39-14-12-19-54-45(39)32(4)67-10)27-52(6,7)29-55-48(63)42-15-13-20-61(57-42)51(66)43(24-34-22-37(35)25-38(62)23-34)56-49(64)46(31(2)3)58(9)50(65)36-18-21-59(28-36)33(5)53(8)30-68-53/h12,14,16-17,19,22-23,25-26,31-32,36,42-43,46,57,62H,5,11,13,15,18,20-21,24,27-30H2,1-4,6-10H3,(H,55,63)(H,56,64)/t32-,36-,42-,43-,46-,53?/m0/s1. The number of carbonyl (C=O) groups excluding carboxylic acids is 4. The lowest BCUT2D eigenvalue weighted by atomic mass is 9.83. The average Bonchev–Trinajstić information content (AvgIpc) is 3.75. The summed E-state index contributed by atoms with van der Waals surface area (Å²) in [5.41, 5.74) is 10.5. The SMILES string of the molecule is C=C(N1CC[C@H](C(=O)N(C)[C@H](C(=O)N[C@H]2Cc3cc(O)cc(c3)-c3ccc4c(c3)c(c(-c3cccnc3[C@H](C)OC)n4CC)CC(C)(C)CNC(=O)[C@@H]3CCCN(N3)C2=O)C(C)C)C1)C1(C)CO1. The third-order valence-corrected chi connectivity index (χ3v) is 14.6. The minimum Gasteiger partial charge on any atom is -0.508 e. The maximum Gasteiger partial charge on any atom is 0.259 e. The number of benzene rings is 2. The summed E-state index contributed by atoms with van der Waals surface area (Å²) in [5, 5.41) is 20.2. The molecule has 4 N–H and O–H groups in total. The van der Waals surface area contributed by atoms with Crippen LogP contribution in [0, 0.1) is 17.3 Å². The van der Waals surface area contributed by atoms with E-state index in [4.69, 9.17) is 14.5 Å². The largest absolute Gasteiger partial charge is 0.508 e. The van der Waals surface area contributed by atoms with Gasteiger partial charge in [-0.1, -0.05) is 46.4 Å². The summed E-state index contributed by atoms with van der Waals surface area (Å²) >= 11 is 0. The van der Waals surface area contributed by atoms with Crippen LogP contribution < -0.4 is 16.1 Å². The molecule has 0 spiro atoms. The zero-order chi connectivity index (χ0) is 48.8. The molecule has 1 unspecified atom stereocenters. The van der Waals surface area contributed by atoms with Gasteiger partial charge in [0.15, 0.2) is 0 Å². The fraction of sp³-hybridized carbons (Fsp3) is 0.528. The summed E-state index contributed by atoms with van der Waals surface area (Å²) in [4.78, 5) is 66.2. The van der Waals surface area contributed by atoms with Crippen LogP contribution in [-0.2, 0) is 48.0 Å². The van der Waals surface area contributed by atoms with E-state index in [9.17, 15) is 24.3 Å². The van der Waals surface area contributed by atoms with Crippen LogP contribution in [0.15, 0.2) is 67.0 Å². The molecule has 6 atom stereocenters. The summed E-state index contributed by atoms with van der Waals surface area (Å²) < 4.78 is 13.8. The highest BCUT2D eigenvalue weighted by Gasteiger charge is 2.47. The van der Waals surface area contributed by atoms with Gasteiger partial charge in [-0.15, -0.1) is 0 Å². The van der Waals surface area contributed by atoms with E-state index in [0.29, 0.717) is 70.6 Å². The number of methoxy groups -OCH3 is 1. The molecule has 4 amide bonds. The Labute approximate surface area is 400 Å². The Hall–Kier alpha value is -5.77. The van der Waals surface area contributed by atoms with Crippen molar-refractivity contribution in [1.29, 1.82) is 0 Å². The van der Waals surface area contributed by atoms with E-state index < -0.39 is 41.0 Å². The molecule has 3 fully saturated rings. The number of nitrogens with zero attached hydrogens (tertiary/aromatic N) is 5. The molecule has 8 rings (SSSR count). The van der Waals surface area contributed by atoms with Crippen molar-refractivity contribution < 1.29 is 33.8 Å². The Kier molecular flexibility index (Phi) is 13.8. The Morgan fingerprint density at radius 2 is 1.84 bits per heavy atom. The van der Waals surface area contributed by atoms with Gasteiger partial charge in [0.1, 0.15) is 29.5 Å². The number of hydrazine groups is 1. The van der Waals surface area contributed by atoms with Gasteiger partial charge in [0.25, 0.3) is 5.91 Å². The molecule has 3 saturated heterocycles. The molecule has 4 aromatic rings. The number of ether oxygens (including phenoxy) is 2. The molecule has 2 aromatic carbocycles. The second-order valence-electron chi connectivity index (χ2n) is 20.7. The van der Waals surface area contributed by atoms with Gasteiger partial charge in [-0.2, -0.15) is 0 Å². The van der Waals surface area contributed by atoms with Gasteiger partial charge in [0.2, 0.25) is 17.7 Å². The smallest absolute Gasteiger partial charge is 0.259 e. The first-order chi connectivity index (χ1) is 32.3. The predicted molar refractivity (Wildman–Crippen MR) is 262 cm³/mol. The number of epoxide rings is 1. The van der Waals surface area contributed by atoms with Crippen LogP contribution in [0.1, 0.15) is 90.7 Å². The van der Waals surface area contributed by atoms with Gasteiger partial charge in [0.05, 0.1) is 30.0 Å². The number of carbonyl (C=O) groups is 4. The number of nitrogens with one attached hydrogen (secondary N) is 3. The Morgan fingerprint density at radius 1 is 1.07 bits per heavy atom. The normalized spacial score (nSPS) is 23.8. The highest BCUT2D eigenvalue weighted by molar-refractivity contribution is 5.96. The number of hydrogen-bond acceptors (Lipinski definition) is 10. The summed E-state index contributed by atoms with van der Waals surface area (Å²) in [5.74, 6) is -1.86. The van der Waals surface area contributed by atoms with Gasteiger partial charge in [-0.3, -0.25) is 29.2 Å². The Morgan fingerprint density at radius 3 is 2.54 bits per heavy atom. The third kappa shape index (κ3) is 9.75. The second kappa shape index (κ2) is 19.3. The fourth-order valence-corrected chi connectivity index (χ4v) is 10.6. The molecule has 4 aliphatic heterocycles. The minimum atomic E-state index is -1.11. The first-order valence-corrected chi connectivity index (χ1v) is 24.3. The number of fused-ring (bicyclic) bond motifs is 6. The number of amides is 4. The van der Waals surface area contributed by atoms with Gasteiger partial charge in [0, 0.05) is 81.7 Å². The van der Waals surface area contributed by atoms with Gasteiger partial charge in [-0.05, 0) is 116 Å². The average molecular weight is 931 g/mol. The quantitative estimate of drug-likeness (QED) is 0.128. The lowest BCUT2D eigenvalue weighted by Gasteiger charge is -2.37. The van der Waals surface area contributed by atoms with E-state index in [1.54, 1.807) is 32.5 Å². The molecule has 68 heavy (non-hydrogen) atoms. The number of likely N-dealkylation sites (tertiary alicyclic amines) is 1. The second-order valence-corrected chi connectivity index (χ2v) is 20.7. The van der Waals surface area contributed by atoms with Gasteiger partial charge in [-0.25, -0.2) is 5.43 Å². The van der Waals surface area contributed by atoms with E-state index in [1.165, 1.54) is 9.91 Å². The van der Waals surface area contributed by atoms with E-state index >= 15 is 0 Å². The number of aryl methyl sites for hydroxylation is 1. The minimum absolute atomic E-state index is 0.0139. The summed E-state index contributed by atoms with van der Waals surface area (Å²) in [6.45, 7) is 21.6. The topological polar surface area (TPSA) is 174 Å². The highest BCUT2D eigenvalue weighted by atomic mass is 16.6. The number of pyridine rings is 1. The fourth-order valence-electron chi connectivity index (χ4n) is 10.6. The van der Waals surface area contributed by atoms with E-state index in [2.05, 4.69) is 71.1 Å². The molecular formula is C53H70N8O7. The van der Waals surface area contributed by atoms with Crippen LogP contribution >= 0.6 is 0 Å². The van der Waals surface area contributed by atoms with Crippen LogP contribution in [-0.4, -0.2) is 124 Å². The van der Waals surface area contributed by atoms with Crippen molar-refractivity contribution in [2.45, 2.75) is 117 Å². The molecule has 0 radical (unpaired) electrons. The lowest BCUT2D eigenvalue weighted by molar-refractivity contribution is -0.146. The molecular weight excluding hydrogens is 861 g/mol. The first-order valence-electron chi connectivity index (χ1n) is 24.3. The molecule has 15 heteroatoms. The van der Waals surface area contributed by atoms with Crippen molar-refractivity contribution in [1.82, 2.24) is 40.4 Å². The molecule has 0 aliphatic carbocycles. The summed E-state index contributed by atoms with van der Waals surface area (Å²) in [6, 6.07) is 13.0. The third-order valence-electron chi connectivity index (χ3n) is 14.6. The molecule has 6 bridgehead atoms. The van der Waals surface area contributed by atoms with Crippen molar-refractivity contribution in [2.24, 2.45) is 17.3 Å². The number of rotatable bonds is 11. The number of phenolic OH excluding ortho intramolecular Hbond substituents is 1. The van der Waals surface area contributed by atoms with Crippen LogP contribution in [0.3, 0.4) is 0 Å². The number of hydrogen-bond donors (Lipinski definition) is 4. The number of aromatic nitrogens is 2. The van der Waals surface area contributed by atoms with Crippen molar-refractivity contribution >= 4 is 34.5 Å². The highest BCUT2D eigenvalue weighted by Crippen LogP contribution is 2.42. The molecule has 15 nitrogen and oxygen atoms in total.